The van der Waals surface area contributed by atoms with E-state index in [1.54, 1.807) is 6.20 Å². The van der Waals surface area contributed by atoms with E-state index in [4.69, 9.17) is 14.5 Å². The SMILES string of the molecule is CCOC(C)(C)c1nc(N2CCC3(CC2)CC3)cnc1C(=O)OCc1ccccc1. The standard InChI is InChI=1S/C24H31N3O3/c1-4-30-23(2,3)21-20(22(28)29-17-18-8-6-5-7-9-18)25-16-19(26-21)27-14-12-24(10-11-24)13-15-27/h5-9,16H,4,10-15,17H2,1-3H3. The van der Waals surface area contributed by atoms with Gasteiger partial charge in [-0.05, 0) is 57.4 Å². The lowest BCUT2D eigenvalue weighted by molar-refractivity contribution is -0.0190. The zero-order valence-corrected chi connectivity index (χ0v) is 18.2. The fourth-order valence-electron chi connectivity index (χ4n) is 4.21. The van der Waals surface area contributed by atoms with E-state index >= 15 is 0 Å². The summed E-state index contributed by atoms with van der Waals surface area (Å²) in [5, 5.41) is 0. The smallest absolute Gasteiger partial charge is 0.359 e. The molecule has 1 aromatic heterocycles. The highest BCUT2D eigenvalue weighted by atomic mass is 16.5. The molecular weight excluding hydrogens is 378 g/mol. The van der Waals surface area contributed by atoms with Gasteiger partial charge in [0.2, 0.25) is 0 Å². The van der Waals surface area contributed by atoms with Crippen molar-refractivity contribution in [1.82, 2.24) is 9.97 Å². The fraction of sp³-hybridized carbons (Fsp3) is 0.542. The molecule has 0 radical (unpaired) electrons. The van der Waals surface area contributed by atoms with E-state index in [-0.39, 0.29) is 12.3 Å². The number of nitrogens with zero attached hydrogens (tertiary/aromatic N) is 3. The van der Waals surface area contributed by atoms with Gasteiger partial charge in [-0.15, -0.1) is 0 Å². The third kappa shape index (κ3) is 4.48. The van der Waals surface area contributed by atoms with Gasteiger partial charge in [0.1, 0.15) is 23.7 Å². The Morgan fingerprint density at radius 3 is 2.47 bits per heavy atom. The highest BCUT2D eigenvalue weighted by Crippen LogP contribution is 2.53. The number of anilines is 1. The molecule has 0 bridgehead atoms. The molecule has 2 fully saturated rings. The van der Waals surface area contributed by atoms with Crippen molar-refractivity contribution in [3.63, 3.8) is 0 Å². The first-order chi connectivity index (χ1) is 14.4. The molecule has 0 N–H and O–H groups in total. The largest absolute Gasteiger partial charge is 0.456 e. The summed E-state index contributed by atoms with van der Waals surface area (Å²) in [6, 6.07) is 9.63. The fourth-order valence-corrected chi connectivity index (χ4v) is 4.21. The van der Waals surface area contributed by atoms with E-state index in [1.165, 1.54) is 25.7 Å². The molecule has 4 rings (SSSR count). The van der Waals surface area contributed by atoms with E-state index in [1.807, 2.05) is 51.1 Å². The second-order valence-electron chi connectivity index (χ2n) is 8.92. The minimum atomic E-state index is -0.744. The molecule has 1 saturated heterocycles. The molecule has 1 aromatic carbocycles. The van der Waals surface area contributed by atoms with Crippen LogP contribution in [-0.2, 0) is 21.7 Å². The number of rotatable bonds is 7. The lowest BCUT2D eigenvalue weighted by atomic mass is 9.94. The first kappa shape index (κ1) is 20.8. The van der Waals surface area contributed by atoms with Gasteiger partial charge in [-0.25, -0.2) is 14.8 Å². The Balaban J connectivity index is 1.56. The van der Waals surface area contributed by atoms with Crippen molar-refractivity contribution in [1.29, 1.82) is 0 Å². The van der Waals surface area contributed by atoms with Gasteiger partial charge in [0.25, 0.3) is 0 Å². The van der Waals surface area contributed by atoms with E-state index in [0.717, 1.165) is 24.5 Å². The highest BCUT2D eigenvalue weighted by Gasteiger charge is 2.44. The first-order valence-corrected chi connectivity index (χ1v) is 10.9. The quantitative estimate of drug-likeness (QED) is 0.628. The number of carbonyl (C=O) groups excluding carboxylic acids is 1. The van der Waals surface area contributed by atoms with Crippen molar-refractivity contribution in [2.75, 3.05) is 24.6 Å². The van der Waals surface area contributed by atoms with Gasteiger partial charge < -0.3 is 14.4 Å². The topological polar surface area (TPSA) is 64.5 Å². The van der Waals surface area contributed by atoms with Gasteiger partial charge in [0.05, 0.1) is 6.20 Å². The van der Waals surface area contributed by atoms with Gasteiger partial charge >= 0.3 is 5.97 Å². The van der Waals surface area contributed by atoms with Crippen molar-refractivity contribution in [3.8, 4) is 0 Å². The lowest BCUT2D eigenvalue weighted by Gasteiger charge is -2.34. The first-order valence-electron chi connectivity index (χ1n) is 10.9. The summed E-state index contributed by atoms with van der Waals surface area (Å²) in [7, 11) is 0. The van der Waals surface area contributed by atoms with Crippen molar-refractivity contribution in [3.05, 3.63) is 53.5 Å². The van der Waals surface area contributed by atoms with Crippen LogP contribution in [0.3, 0.4) is 0 Å². The predicted octanol–water partition coefficient (Wildman–Crippen LogP) is 4.49. The second-order valence-corrected chi connectivity index (χ2v) is 8.92. The number of benzene rings is 1. The van der Waals surface area contributed by atoms with Gasteiger partial charge in [-0.3, -0.25) is 0 Å². The summed E-state index contributed by atoms with van der Waals surface area (Å²) in [4.78, 5) is 24.5. The van der Waals surface area contributed by atoms with Crippen LogP contribution < -0.4 is 4.90 Å². The van der Waals surface area contributed by atoms with Gasteiger partial charge in [0, 0.05) is 19.7 Å². The number of hydrogen-bond acceptors (Lipinski definition) is 6. The van der Waals surface area contributed by atoms with Crippen LogP contribution in [0.5, 0.6) is 0 Å². The third-order valence-electron chi connectivity index (χ3n) is 6.35. The molecule has 0 amide bonds. The van der Waals surface area contributed by atoms with Crippen LogP contribution in [0.1, 0.15) is 68.2 Å². The van der Waals surface area contributed by atoms with Crippen molar-refractivity contribution < 1.29 is 14.3 Å². The van der Waals surface area contributed by atoms with Crippen LogP contribution in [-0.4, -0.2) is 35.6 Å². The summed E-state index contributed by atoms with van der Waals surface area (Å²) in [6.07, 6.45) is 6.84. The molecular formula is C24H31N3O3. The maximum atomic E-state index is 12.9. The summed E-state index contributed by atoms with van der Waals surface area (Å²) >= 11 is 0. The molecule has 1 saturated carbocycles. The molecule has 0 atom stereocenters. The van der Waals surface area contributed by atoms with Crippen molar-refractivity contribution in [2.24, 2.45) is 5.41 Å². The maximum absolute atomic E-state index is 12.9. The Bertz CT molecular complexity index is 884. The molecule has 2 aromatic rings. The van der Waals surface area contributed by atoms with E-state index in [9.17, 15) is 4.79 Å². The van der Waals surface area contributed by atoms with E-state index in [2.05, 4.69) is 9.88 Å². The average Bonchev–Trinajstić information content (AvgIpc) is 3.51. The Kier molecular flexibility index (Phi) is 5.78. The van der Waals surface area contributed by atoms with E-state index < -0.39 is 11.6 Å². The van der Waals surface area contributed by atoms with E-state index in [0.29, 0.717) is 17.7 Å². The normalized spacial score (nSPS) is 17.8. The summed E-state index contributed by atoms with van der Waals surface area (Å²) in [5.41, 5.74) is 1.55. The molecule has 0 unspecified atom stereocenters. The highest BCUT2D eigenvalue weighted by molar-refractivity contribution is 5.89. The van der Waals surface area contributed by atoms with Crippen LogP contribution in [0.15, 0.2) is 36.5 Å². The Labute approximate surface area is 178 Å². The van der Waals surface area contributed by atoms with Gasteiger partial charge in [-0.1, -0.05) is 30.3 Å². The van der Waals surface area contributed by atoms with Gasteiger partial charge in [-0.2, -0.15) is 0 Å². The zero-order valence-electron chi connectivity index (χ0n) is 18.2. The number of hydrogen-bond donors (Lipinski definition) is 0. The molecule has 6 nitrogen and oxygen atoms in total. The molecule has 30 heavy (non-hydrogen) atoms. The average molecular weight is 410 g/mol. The number of ether oxygens (including phenoxy) is 2. The van der Waals surface area contributed by atoms with Crippen LogP contribution in [0.2, 0.25) is 0 Å². The number of carbonyl (C=O) groups is 1. The zero-order chi connectivity index (χ0) is 21.2. The minimum absolute atomic E-state index is 0.200. The van der Waals surface area contributed by atoms with Crippen LogP contribution >= 0.6 is 0 Å². The van der Waals surface area contributed by atoms with Crippen LogP contribution in [0.25, 0.3) is 0 Å². The summed E-state index contributed by atoms with van der Waals surface area (Å²) in [6.45, 7) is 8.48. The maximum Gasteiger partial charge on any atom is 0.359 e. The molecule has 1 spiro atoms. The second kappa shape index (κ2) is 8.34. The molecule has 6 heteroatoms. The molecule has 160 valence electrons. The van der Waals surface area contributed by atoms with Crippen molar-refractivity contribution >= 4 is 11.8 Å². The molecule has 1 aliphatic heterocycles. The lowest BCUT2D eigenvalue weighted by Crippen LogP contribution is -2.36. The number of esters is 1. The number of aromatic nitrogens is 2. The third-order valence-corrected chi connectivity index (χ3v) is 6.35. The Hall–Kier alpha value is -2.47. The summed E-state index contributed by atoms with van der Waals surface area (Å²) < 4.78 is 11.5. The Morgan fingerprint density at radius 2 is 1.83 bits per heavy atom. The number of piperidine rings is 1. The monoisotopic (exact) mass is 409 g/mol. The minimum Gasteiger partial charge on any atom is -0.456 e. The van der Waals surface area contributed by atoms with Crippen LogP contribution in [0.4, 0.5) is 5.82 Å². The molecule has 2 heterocycles. The summed E-state index contributed by atoms with van der Waals surface area (Å²) in [5.74, 6) is 0.337. The Morgan fingerprint density at radius 1 is 1.13 bits per heavy atom. The van der Waals surface area contributed by atoms with Crippen molar-refractivity contribution in [2.45, 2.75) is 58.7 Å². The molecule has 1 aliphatic carbocycles. The van der Waals surface area contributed by atoms with Crippen LogP contribution in [0, 0.1) is 5.41 Å². The predicted molar refractivity (Wildman–Crippen MR) is 115 cm³/mol. The van der Waals surface area contributed by atoms with Gasteiger partial charge in [0.15, 0.2) is 5.69 Å². The molecule has 2 aliphatic rings.